The van der Waals surface area contributed by atoms with Crippen LogP contribution in [0.1, 0.15) is 39.0 Å². The number of amides is 1. The number of piperidine rings is 1. The van der Waals surface area contributed by atoms with Crippen molar-refractivity contribution in [2.45, 2.75) is 39.0 Å². The Kier molecular flexibility index (Phi) is 7.11. The second kappa shape index (κ2) is 9.08. The third kappa shape index (κ3) is 5.92. The van der Waals surface area contributed by atoms with Crippen LogP contribution in [0.15, 0.2) is 24.3 Å². The molecule has 25 heavy (non-hydrogen) atoms. The highest BCUT2D eigenvalue weighted by molar-refractivity contribution is 7.92. The van der Waals surface area contributed by atoms with E-state index < -0.39 is 10.0 Å². The number of rotatable bonds is 8. The normalized spacial score (nSPS) is 15.0. The molecule has 1 aromatic carbocycles. The molecule has 0 aliphatic carbocycles. The van der Waals surface area contributed by atoms with E-state index in [2.05, 4.69) is 10.2 Å². The van der Waals surface area contributed by atoms with Gasteiger partial charge in [-0.05, 0) is 49.9 Å². The van der Waals surface area contributed by atoms with Crippen molar-refractivity contribution in [3.05, 3.63) is 24.3 Å². The van der Waals surface area contributed by atoms with Gasteiger partial charge in [-0.25, -0.2) is 8.42 Å². The van der Waals surface area contributed by atoms with E-state index in [0.717, 1.165) is 42.2 Å². The standard InChI is InChI=1S/C18H29N3O3S/c1-3-4-12-19-18(22)15-21(25(2,23)24)17-10-8-16(9-11-17)20-13-6-5-7-14-20/h8-11H,3-7,12-15H2,1-2H3,(H,19,22). The molecule has 0 spiro atoms. The molecular weight excluding hydrogens is 338 g/mol. The summed E-state index contributed by atoms with van der Waals surface area (Å²) in [6, 6.07) is 7.44. The van der Waals surface area contributed by atoms with Crippen LogP contribution in [0, 0.1) is 0 Å². The van der Waals surface area contributed by atoms with Crippen molar-refractivity contribution in [2.24, 2.45) is 0 Å². The fourth-order valence-corrected chi connectivity index (χ4v) is 3.83. The molecule has 0 radical (unpaired) electrons. The van der Waals surface area contributed by atoms with Crippen LogP contribution < -0.4 is 14.5 Å². The number of anilines is 2. The summed E-state index contributed by atoms with van der Waals surface area (Å²) in [5, 5.41) is 2.77. The van der Waals surface area contributed by atoms with Crippen LogP contribution in [0.4, 0.5) is 11.4 Å². The van der Waals surface area contributed by atoms with Gasteiger partial charge in [0.1, 0.15) is 6.54 Å². The summed E-state index contributed by atoms with van der Waals surface area (Å²) >= 11 is 0. The van der Waals surface area contributed by atoms with Crippen molar-refractivity contribution in [1.29, 1.82) is 0 Å². The molecule has 1 heterocycles. The maximum Gasteiger partial charge on any atom is 0.240 e. The van der Waals surface area contributed by atoms with Gasteiger partial charge in [-0.3, -0.25) is 9.10 Å². The summed E-state index contributed by atoms with van der Waals surface area (Å²) in [5.74, 6) is -0.279. The molecule has 1 aliphatic heterocycles. The highest BCUT2D eigenvalue weighted by Crippen LogP contribution is 2.24. The van der Waals surface area contributed by atoms with Gasteiger partial charge in [-0.1, -0.05) is 13.3 Å². The van der Waals surface area contributed by atoms with Crippen molar-refractivity contribution in [3.8, 4) is 0 Å². The van der Waals surface area contributed by atoms with Crippen molar-refractivity contribution in [2.75, 3.05) is 41.6 Å². The Morgan fingerprint density at radius 1 is 1.16 bits per heavy atom. The molecule has 0 bridgehead atoms. The molecule has 1 saturated heterocycles. The topological polar surface area (TPSA) is 69.7 Å². The summed E-state index contributed by atoms with van der Waals surface area (Å²) in [4.78, 5) is 14.4. The maximum atomic E-state index is 12.1. The SMILES string of the molecule is CCCCNC(=O)CN(c1ccc(N2CCCCC2)cc1)S(C)(=O)=O. The van der Waals surface area contributed by atoms with E-state index in [1.807, 2.05) is 19.1 Å². The van der Waals surface area contributed by atoms with Crippen LogP contribution in [-0.4, -0.2) is 46.8 Å². The molecule has 140 valence electrons. The summed E-state index contributed by atoms with van der Waals surface area (Å²) in [6.07, 6.45) is 6.64. The van der Waals surface area contributed by atoms with Crippen LogP contribution in [0.3, 0.4) is 0 Å². The molecule has 0 unspecified atom stereocenters. The van der Waals surface area contributed by atoms with Crippen LogP contribution in [0.2, 0.25) is 0 Å². The predicted molar refractivity (Wildman–Crippen MR) is 103 cm³/mol. The zero-order chi connectivity index (χ0) is 18.3. The molecule has 1 N–H and O–H groups in total. The Morgan fingerprint density at radius 3 is 2.36 bits per heavy atom. The van der Waals surface area contributed by atoms with E-state index in [1.165, 1.54) is 19.3 Å². The first-order valence-electron chi connectivity index (χ1n) is 9.01. The van der Waals surface area contributed by atoms with Gasteiger partial charge in [-0.15, -0.1) is 0 Å². The zero-order valence-electron chi connectivity index (χ0n) is 15.2. The van der Waals surface area contributed by atoms with Gasteiger partial charge >= 0.3 is 0 Å². The summed E-state index contributed by atoms with van der Waals surface area (Å²) < 4.78 is 25.4. The first-order chi connectivity index (χ1) is 11.9. The van der Waals surface area contributed by atoms with Crippen molar-refractivity contribution in [1.82, 2.24) is 5.32 Å². The van der Waals surface area contributed by atoms with Crippen LogP contribution in [-0.2, 0) is 14.8 Å². The third-order valence-electron chi connectivity index (χ3n) is 4.40. The Labute approximate surface area is 151 Å². The fraction of sp³-hybridized carbons (Fsp3) is 0.611. The largest absolute Gasteiger partial charge is 0.372 e. The van der Waals surface area contributed by atoms with E-state index in [9.17, 15) is 13.2 Å². The van der Waals surface area contributed by atoms with Gasteiger partial charge in [0.15, 0.2) is 0 Å². The second-order valence-corrected chi connectivity index (χ2v) is 8.44. The monoisotopic (exact) mass is 367 g/mol. The number of benzene rings is 1. The van der Waals surface area contributed by atoms with Gasteiger partial charge in [0.25, 0.3) is 0 Å². The van der Waals surface area contributed by atoms with Gasteiger partial charge in [-0.2, -0.15) is 0 Å². The zero-order valence-corrected chi connectivity index (χ0v) is 16.0. The first-order valence-corrected chi connectivity index (χ1v) is 10.9. The van der Waals surface area contributed by atoms with E-state index in [0.29, 0.717) is 12.2 Å². The summed E-state index contributed by atoms with van der Waals surface area (Å²) in [5.41, 5.74) is 1.62. The predicted octanol–water partition coefficient (Wildman–Crippen LogP) is 2.36. The lowest BCUT2D eigenvalue weighted by Gasteiger charge is -2.29. The first kappa shape index (κ1) is 19.6. The van der Waals surface area contributed by atoms with Crippen LogP contribution >= 0.6 is 0 Å². The molecule has 2 rings (SSSR count). The van der Waals surface area contributed by atoms with Crippen LogP contribution in [0.25, 0.3) is 0 Å². The Bertz CT molecular complexity index is 653. The minimum absolute atomic E-state index is 0.189. The number of sulfonamides is 1. The Hall–Kier alpha value is -1.76. The molecule has 6 nitrogen and oxygen atoms in total. The van der Waals surface area contributed by atoms with E-state index in [1.54, 1.807) is 12.1 Å². The number of carbonyl (C=O) groups excluding carboxylic acids is 1. The number of nitrogens with zero attached hydrogens (tertiary/aromatic N) is 2. The van der Waals surface area contributed by atoms with Crippen molar-refractivity contribution >= 4 is 27.3 Å². The Balaban J connectivity index is 2.08. The van der Waals surface area contributed by atoms with Crippen LogP contribution in [0.5, 0.6) is 0 Å². The number of unbranched alkanes of at least 4 members (excludes halogenated alkanes) is 1. The number of carbonyl (C=O) groups is 1. The highest BCUT2D eigenvalue weighted by atomic mass is 32.2. The smallest absolute Gasteiger partial charge is 0.240 e. The fourth-order valence-electron chi connectivity index (χ4n) is 2.97. The van der Waals surface area contributed by atoms with Crippen molar-refractivity contribution < 1.29 is 13.2 Å². The molecule has 0 aromatic heterocycles. The molecule has 0 saturated carbocycles. The average molecular weight is 368 g/mol. The minimum atomic E-state index is -3.52. The van der Waals surface area contributed by atoms with Gasteiger partial charge < -0.3 is 10.2 Å². The van der Waals surface area contributed by atoms with Gasteiger partial charge in [0.2, 0.25) is 15.9 Å². The number of nitrogens with one attached hydrogen (secondary N) is 1. The van der Waals surface area contributed by atoms with E-state index in [-0.39, 0.29) is 12.5 Å². The second-order valence-electron chi connectivity index (χ2n) is 6.54. The quantitative estimate of drug-likeness (QED) is 0.716. The van der Waals surface area contributed by atoms with Gasteiger partial charge in [0, 0.05) is 25.3 Å². The molecule has 1 amide bonds. The lowest BCUT2D eigenvalue weighted by molar-refractivity contribution is -0.119. The molecular formula is C18H29N3O3S. The van der Waals surface area contributed by atoms with E-state index in [4.69, 9.17) is 0 Å². The summed E-state index contributed by atoms with van der Waals surface area (Å²) in [6.45, 7) is 4.50. The maximum absolute atomic E-state index is 12.1. The molecule has 0 atom stereocenters. The van der Waals surface area contributed by atoms with E-state index >= 15 is 0 Å². The molecule has 1 aromatic rings. The lowest BCUT2D eigenvalue weighted by Crippen LogP contribution is -2.40. The molecule has 7 heteroatoms. The average Bonchev–Trinajstić information content (AvgIpc) is 2.60. The van der Waals surface area contributed by atoms with Crippen molar-refractivity contribution in [3.63, 3.8) is 0 Å². The Morgan fingerprint density at radius 2 is 1.80 bits per heavy atom. The number of hydrogen-bond donors (Lipinski definition) is 1. The number of hydrogen-bond acceptors (Lipinski definition) is 4. The summed E-state index contributed by atoms with van der Waals surface area (Å²) in [7, 11) is -3.52. The molecule has 1 aliphatic rings. The lowest BCUT2D eigenvalue weighted by atomic mass is 10.1. The minimum Gasteiger partial charge on any atom is -0.372 e. The third-order valence-corrected chi connectivity index (χ3v) is 5.54. The van der Waals surface area contributed by atoms with Gasteiger partial charge in [0.05, 0.1) is 11.9 Å². The highest BCUT2D eigenvalue weighted by Gasteiger charge is 2.21. The molecule has 1 fully saturated rings.